The Morgan fingerprint density at radius 1 is 1.19 bits per heavy atom. The molecule has 6 nitrogen and oxygen atoms in total. The number of ketones is 1. The summed E-state index contributed by atoms with van der Waals surface area (Å²) in [6.07, 6.45) is -0.0581. The number of Topliss-reactive ketones (excluding diaryl/α,β-unsaturated/α-hetero) is 1. The number of aryl methyl sites for hydroxylation is 1. The lowest BCUT2D eigenvalue weighted by Gasteiger charge is -2.25. The van der Waals surface area contributed by atoms with Gasteiger partial charge in [0.2, 0.25) is 0 Å². The summed E-state index contributed by atoms with van der Waals surface area (Å²) in [5.41, 5.74) is 1.16. The molecule has 1 N–H and O–H groups in total. The van der Waals surface area contributed by atoms with Gasteiger partial charge in [0, 0.05) is 19.2 Å². The van der Waals surface area contributed by atoms with Gasteiger partial charge in [-0.25, -0.2) is 4.39 Å². The predicted octanol–water partition coefficient (Wildman–Crippen LogP) is 3.99. The number of carbonyl (C=O) groups excluding carboxylic acids is 2. The van der Waals surface area contributed by atoms with Gasteiger partial charge in [-0.05, 0) is 62.2 Å². The molecule has 2 aromatic rings. The molecule has 0 saturated carbocycles. The molecule has 0 radical (unpaired) electrons. The lowest BCUT2D eigenvalue weighted by atomic mass is 9.94. The van der Waals surface area contributed by atoms with Crippen molar-refractivity contribution in [2.75, 3.05) is 20.3 Å². The molecule has 1 unspecified atom stereocenters. The Bertz CT molecular complexity index is 1030. The van der Waals surface area contributed by atoms with Crippen molar-refractivity contribution in [2.45, 2.75) is 32.9 Å². The van der Waals surface area contributed by atoms with Crippen LogP contribution in [0.2, 0.25) is 0 Å². The number of rotatable bonds is 7. The summed E-state index contributed by atoms with van der Waals surface area (Å²) < 4.78 is 24.6. The van der Waals surface area contributed by atoms with Crippen LogP contribution in [-0.4, -0.2) is 48.1 Å². The number of aliphatic hydroxyl groups is 1. The quantitative estimate of drug-likeness (QED) is 0.411. The van der Waals surface area contributed by atoms with Crippen LogP contribution in [0.15, 0.2) is 48.0 Å². The lowest BCUT2D eigenvalue weighted by Crippen LogP contribution is -2.32. The maximum absolute atomic E-state index is 13.7. The molecule has 1 saturated heterocycles. The summed E-state index contributed by atoms with van der Waals surface area (Å²) in [7, 11) is 1.50. The van der Waals surface area contributed by atoms with Gasteiger partial charge in [0.1, 0.15) is 17.3 Å². The van der Waals surface area contributed by atoms with Crippen LogP contribution < -0.4 is 4.74 Å². The van der Waals surface area contributed by atoms with Gasteiger partial charge in [0.25, 0.3) is 11.7 Å². The number of hydrogen-bond donors (Lipinski definition) is 1. The van der Waals surface area contributed by atoms with Crippen molar-refractivity contribution < 1.29 is 28.6 Å². The Hall–Kier alpha value is -3.19. The molecule has 1 amide bonds. The van der Waals surface area contributed by atoms with Crippen molar-refractivity contribution in [1.29, 1.82) is 0 Å². The van der Waals surface area contributed by atoms with Crippen molar-refractivity contribution in [2.24, 2.45) is 0 Å². The molecule has 3 rings (SSSR count). The lowest BCUT2D eigenvalue weighted by molar-refractivity contribution is -0.140. The number of aliphatic hydroxyl groups excluding tert-OH is 1. The molecule has 0 aliphatic carbocycles. The summed E-state index contributed by atoms with van der Waals surface area (Å²) in [6, 6.07) is 10.3. The normalized spacial score (nSPS) is 18.1. The number of likely N-dealkylation sites (tertiary alicyclic amines) is 1. The van der Waals surface area contributed by atoms with Crippen LogP contribution in [-0.2, 0) is 14.3 Å². The van der Waals surface area contributed by atoms with E-state index < -0.39 is 23.5 Å². The monoisotopic (exact) mass is 427 g/mol. The van der Waals surface area contributed by atoms with Crippen LogP contribution in [0.3, 0.4) is 0 Å². The van der Waals surface area contributed by atoms with Crippen LogP contribution in [0.5, 0.6) is 5.75 Å². The van der Waals surface area contributed by atoms with Crippen LogP contribution in [0, 0.1) is 12.7 Å². The van der Waals surface area contributed by atoms with Crippen LogP contribution in [0.4, 0.5) is 4.39 Å². The number of methoxy groups -OCH3 is 1. The molecule has 1 aliphatic heterocycles. The Labute approximate surface area is 180 Å². The Morgan fingerprint density at radius 3 is 2.58 bits per heavy atom. The zero-order valence-corrected chi connectivity index (χ0v) is 18.0. The number of hydrogen-bond acceptors (Lipinski definition) is 5. The maximum Gasteiger partial charge on any atom is 0.295 e. The van der Waals surface area contributed by atoms with Gasteiger partial charge in [0.05, 0.1) is 24.3 Å². The van der Waals surface area contributed by atoms with E-state index in [-0.39, 0.29) is 36.2 Å². The summed E-state index contributed by atoms with van der Waals surface area (Å²) in [5, 5.41) is 11.0. The van der Waals surface area contributed by atoms with Gasteiger partial charge in [0.15, 0.2) is 0 Å². The molecular formula is C24H26FNO5. The third-order valence-corrected chi connectivity index (χ3v) is 5.05. The Kier molecular flexibility index (Phi) is 6.75. The van der Waals surface area contributed by atoms with Crippen LogP contribution in [0.1, 0.15) is 36.6 Å². The van der Waals surface area contributed by atoms with Crippen molar-refractivity contribution in [3.05, 3.63) is 70.5 Å². The molecule has 1 aliphatic rings. The van der Waals surface area contributed by atoms with Crippen molar-refractivity contribution in [1.82, 2.24) is 4.90 Å². The number of ether oxygens (including phenoxy) is 2. The van der Waals surface area contributed by atoms with E-state index >= 15 is 0 Å². The highest BCUT2D eigenvalue weighted by Gasteiger charge is 2.46. The number of amides is 1. The van der Waals surface area contributed by atoms with E-state index in [4.69, 9.17) is 9.47 Å². The number of carbonyl (C=O) groups is 2. The molecular weight excluding hydrogens is 401 g/mol. The SMILES string of the molecule is COCCN1C(=O)C(=O)/C(=C(\O)c2ccc(F)c(C)c2)C1c1cccc(OC(C)C)c1. The first-order valence-corrected chi connectivity index (χ1v) is 10.0. The van der Waals surface area contributed by atoms with E-state index in [1.165, 1.54) is 30.2 Å². The summed E-state index contributed by atoms with van der Waals surface area (Å²) in [4.78, 5) is 27.1. The minimum Gasteiger partial charge on any atom is -0.507 e. The molecule has 31 heavy (non-hydrogen) atoms. The highest BCUT2D eigenvalue weighted by atomic mass is 19.1. The van der Waals surface area contributed by atoms with Crippen LogP contribution >= 0.6 is 0 Å². The van der Waals surface area contributed by atoms with Gasteiger partial charge in [-0.3, -0.25) is 9.59 Å². The van der Waals surface area contributed by atoms with Crippen molar-refractivity contribution >= 4 is 17.4 Å². The first-order chi connectivity index (χ1) is 14.7. The van der Waals surface area contributed by atoms with Gasteiger partial charge < -0.3 is 19.5 Å². The fourth-order valence-corrected chi connectivity index (χ4v) is 3.62. The smallest absolute Gasteiger partial charge is 0.295 e. The number of nitrogens with zero attached hydrogens (tertiary/aromatic N) is 1. The van der Waals surface area contributed by atoms with Gasteiger partial charge in [-0.1, -0.05) is 12.1 Å². The van der Waals surface area contributed by atoms with Crippen molar-refractivity contribution in [3.63, 3.8) is 0 Å². The second-order valence-corrected chi connectivity index (χ2v) is 7.69. The third kappa shape index (κ3) is 4.61. The van der Waals surface area contributed by atoms with Gasteiger partial charge in [-0.15, -0.1) is 0 Å². The molecule has 0 aromatic heterocycles. The van der Waals surface area contributed by atoms with E-state index in [9.17, 15) is 19.1 Å². The van der Waals surface area contributed by atoms with Crippen LogP contribution in [0.25, 0.3) is 5.76 Å². The van der Waals surface area contributed by atoms with E-state index in [2.05, 4.69) is 0 Å². The maximum atomic E-state index is 13.7. The summed E-state index contributed by atoms with van der Waals surface area (Å²) in [5.74, 6) is -1.70. The molecule has 0 spiro atoms. The molecule has 164 valence electrons. The van der Waals surface area contributed by atoms with E-state index in [1.54, 1.807) is 31.2 Å². The minimum absolute atomic E-state index is 0.0474. The molecule has 0 bridgehead atoms. The average Bonchev–Trinajstić information content (AvgIpc) is 2.98. The number of benzene rings is 2. The largest absolute Gasteiger partial charge is 0.507 e. The second-order valence-electron chi connectivity index (χ2n) is 7.69. The van der Waals surface area contributed by atoms with Gasteiger partial charge >= 0.3 is 0 Å². The highest BCUT2D eigenvalue weighted by molar-refractivity contribution is 6.46. The predicted molar refractivity (Wildman–Crippen MR) is 114 cm³/mol. The zero-order valence-electron chi connectivity index (χ0n) is 18.0. The molecule has 1 fully saturated rings. The third-order valence-electron chi connectivity index (χ3n) is 5.05. The highest BCUT2D eigenvalue weighted by Crippen LogP contribution is 2.40. The fourth-order valence-electron chi connectivity index (χ4n) is 3.62. The number of halogens is 1. The van der Waals surface area contributed by atoms with Crippen molar-refractivity contribution in [3.8, 4) is 5.75 Å². The molecule has 7 heteroatoms. The second kappa shape index (κ2) is 9.31. The molecule has 1 heterocycles. The van der Waals surface area contributed by atoms with E-state index in [1.807, 2.05) is 13.8 Å². The average molecular weight is 427 g/mol. The molecule has 2 aromatic carbocycles. The van der Waals surface area contributed by atoms with E-state index in [0.29, 0.717) is 16.9 Å². The Balaban J connectivity index is 2.16. The summed E-state index contributed by atoms with van der Waals surface area (Å²) in [6.45, 7) is 5.75. The minimum atomic E-state index is -0.823. The summed E-state index contributed by atoms with van der Waals surface area (Å²) >= 11 is 0. The van der Waals surface area contributed by atoms with Gasteiger partial charge in [-0.2, -0.15) is 0 Å². The van der Waals surface area contributed by atoms with E-state index in [0.717, 1.165) is 0 Å². The fraction of sp³-hybridized carbons (Fsp3) is 0.333. The standard InChI is InChI=1S/C24H26FNO5/c1-14(2)31-18-7-5-6-16(13-18)21-20(23(28)24(29)26(21)10-11-30-4)22(27)17-8-9-19(25)15(3)12-17/h5-9,12-14,21,27H,10-11H2,1-4H3/b22-20-. The first-order valence-electron chi connectivity index (χ1n) is 10.0. The Morgan fingerprint density at radius 2 is 1.94 bits per heavy atom. The first kappa shape index (κ1) is 22.5. The molecule has 1 atom stereocenters. The zero-order chi connectivity index (χ0) is 22.7. The topological polar surface area (TPSA) is 76.1 Å².